The summed E-state index contributed by atoms with van der Waals surface area (Å²) in [5, 5.41) is 30.6. The topological polar surface area (TPSA) is 355 Å². The number of unbranched alkanes of at least 4 members (excludes halogenated alkanes) is 1. The maximum atomic E-state index is 13.7. The number of carboxylic acids is 1. The fourth-order valence-corrected chi connectivity index (χ4v) is 7.60. The molecule has 0 aromatic carbocycles. The molecular weight excluding hydrogens is 905 g/mol. The van der Waals surface area contributed by atoms with E-state index in [2.05, 4.69) is 60.2 Å². The molecular formula is C44H78N12O11S. The van der Waals surface area contributed by atoms with Crippen LogP contribution in [0.4, 0.5) is 0 Å². The second-order valence-electron chi connectivity index (χ2n) is 18.4. The van der Waals surface area contributed by atoms with Crippen LogP contribution in [0.3, 0.4) is 0 Å². The van der Waals surface area contributed by atoms with Crippen LogP contribution >= 0.6 is 12.6 Å². The Morgan fingerprint density at radius 3 is 1.74 bits per heavy atom. The summed E-state index contributed by atoms with van der Waals surface area (Å²) >= 11 is 4.11. The van der Waals surface area contributed by atoms with E-state index in [0.717, 1.165) is 0 Å². The molecule has 1 rings (SSSR count). The standard InChI is InChI=1S/C44H78N12O11S/c1-24(2)16-29(55-42(65)33-13-11-15-56(33)37(60)22-50-39(62)32(23-68)53-35(58)20-47-8)38(61)49-21-36(59)52-30(17-25(3)4)41(64)54-31(18-26(5)6)40(63)51-27(7)34(57)19-28(43(66)67)12-9-10-14-48-44(45)46/h24-33,47,68H,9-23H2,1-8H3,(H,49,61)(H,50,62)(H,51,63)(H,52,59)(H,53,58)(H,54,64)(H,55,65)(H,66,67)(H4,45,46,48). The fraction of sp³-hybridized carbons (Fsp3) is 0.750. The normalized spacial score (nSPS) is 16.1. The Bertz CT molecular complexity index is 1760. The van der Waals surface area contributed by atoms with Gasteiger partial charge in [-0.15, -0.1) is 0 Å². The number of nitrogens with one attached hydrogen (secondary N) is 8. The summed E-state index contributed by atoms with van der Waals surface area (Å²) in [6.07, 6.45) is 2.16. The van der Waals surface area contributed by atoms with E-state index in [0.29, 0.717) is 32.2 Å². The lowest BCUT2D eigenvalue weighted by atomic mass is 9.93. The third kappa shape index (κ3) is 23.5. The van der Waals surface area contributed by atoms with Gasteiger partial charge in [-0.2, -0.15) is 12.6 Å². The summed E-state index contributed by atoms with van der Waals surface area (Å²) in [7, 11) is 1.57. The fourth-order valence-electron chi connectivity index (χ4n) is 7.35. The van der Waals surface area contributed by atoms with Crippen molar-refractivity contribution in [1.82, 2.24) is 47.4 Å². The van der Waals surface area contributed by atoms with Crippen LogP contribution in [0.1, 0.15) is 106 Å². The molecule has 0 aromatic rings. The van der Waals surface area contributed by atoms with Crippen LogP contribution < -0.4 is 54.0 Å². The Hall–Kier alpha value is -5.52. The Balaban J connectivity index is 2.96. The van der Waals surface area contributed by atoms with Gasteiger partial charge in [0, 0.05) is 25.3 Å². The number of amides is 8. The number of carbonyl (C=O) groups is 10. The Morgan fingerprint density at radius 1 is 0.676 bits per heavy atom. The van der Waals surface area contributed by atoms with Crippen molar-refractivity contribution in [3.63, 3.8) is 0 Å². The molecule has 7 atom stereocenters. The Kier molecular flexibility index (Phi) is 28.0. The number of aliphatic imine (C=N–C) groups is 1. The number of likely N-dealkylation sites (N-methyl/N-ethyl adjacent to an activating group) is 1. The SMILES string of the molecule is CNCC(=O)NC(CS)C(=O)NCC(=O)N1CCCC1C(=O)NC(CC(C)C)C(=O)NCC(=O)NC(CC(C)C)C(=O)NC(CC(C)C)C(=O)NC(C)C(=O)CC(CCCCN=C(N)N)C(=O)O. The summed E-state index contributed by atoms with van der Waals surface area (Å²) in [4.78, 5) is 136. The number of guanidine groups is 1. The number of nitrogens with two attached hydrogens (primary N) is 2. The van der Waals surface area contributed by atoms with Crippen LogP contribution in [-0.4, -0.2) is 157 Å². The number of carbonyl (C=O) groups excluding carboxylic acids is 9. The molecule has 0 aliphatic carbocycles. The highest BCUT2D eigenvalue weighted by molar-refractivity contribution is 7.80. The number of rotatable bonds is 32. The summed E-state index contributed by atoms with van der Waals surface area (Å²) in [6.45, 7) is 12.0. The van der Waals surface area contributed by atoms with Crippen molar-refractivity contribution < 1.29 is 53.1 Å². The predicted octanol–water partition coefficient (Wildman–Crippen LogP) is -1.96. The van der Waals surface area contributed by atoms with Crippen molar-refractivity contribution in [2.45, 2.75) is 143 Å². The quantitative estimate of drug-likeness (QED) is 0.0151. The molecule has 0 aromatic heterocycles. The summed E-state index contributed by atoms with van der Waals surface area (Å²) in [5.41, 5.74) is 10.6. The van der Waals surface area contributed by atoms with Gasteiger partial charge < -0.3 is 64.0 Å². The van der Waals surface area contributed by atoms with E-state index in [9.17, 15) is 53.1 Å². The first kappa shape index (κ1) is 60.5. The minimum Gasteiger partial charge on any atom is -0.481 e. The van der Waals surface area contributed by atoms with Crippen LogP contribution in [-0.2, 0) is 47.9 Å². The molecule has 1 heterocycles. The lowest BCUT2D eigenvalue weighted by molar-refractivity contribution is -0.144. The molecule has 68 heavy (non-hydrogen) atoms. The molecule has 0 spiro atoms. The molecule has 7 unspecified atom stereocenters. The number of hydrogen-bond acceptors (Lipinski definition) is 13. The number of ketones is 1. The van der Waals surface area contributed by atoms with Crippen molar-refractivity contribution in [1.29, 1.82) is 0 Å². The number of likely N-dealkylation sites (tertiary alicyclic amines) is 1. The van der Waals surface area contributed by atoms with E-state index >= 15 is 0 Å². The maximum absolute atomic E-state index is 13.7. The number of aliphatic carboxylic acids is 1. The molecule has 8 amide bonds. The minimum absolute atomic E-state index is 0.0168. The molecule has 13 N–H and O–H groups in total. The van der Waals surface area contributed by atoms with Gasteiger partial charge in [-0.1, -0.05) is 48.0 Å². The van der Waals surface area contributed by atoms with Crippen LogP contribution in [0.15, 0.2) is 4.99 Å². The van der Waals surface area contributed by atoms with Crippen molar-refractivity contribution in [2.75, 3.05) is 45.5 Å². The average Bonchev–Trinajstić information content (AvgIpc) is 3.75. The van der Waals surface area contributed by atoms with Crippen molar-refractivity contribution >= 4 is 77.6 Å². The summed E-state index contributed by atoms with van der Waals surface area (Å²) < 4.78 is 0. The smallest absolute Gasteiger partial charge is 0.306 e. The molecule has 0 saturated carbocycles. The van der Waals surface area contributed by atoms with Gasteiger partial charge in [-0.25, -0.2) is 0 Å². The molecule has 386 valence electrons. The number of thiol groups is 1. The van der Waals surface area contributed by atoms with Gasteiger partial charge in [0.1, 0.15) is 30.2 Å². The zero-order valence-electron chi connectivity index (χ0n) is 40.9. The Morgan fingerprint density at radius 2 is 1.19 bits per heavy atom. The average molecular weight is 983 g/mol. The van der Waals surface area contributed by atoms with E-state index in [1.165, 1.54) is 11.8 Å². The van der Waals surface area contributed by atoms with Gasteiger partial charge in [0.05, 0.1) is 31.6 Å². The van der Waals surface area contributed by atoms with Gasteiger partial charge >= 0.3 is 5.97 Å². The van der Waals surface area contributed by atoms with E-state index in [4.69, 9.17) is 11.5 Å². The van der Waals surface area contributed by atoms with Gasteiger partial charge in [0.25, 0.3) is 0 Å². The molecule has 0 bridgehead atoms. The lowest BCUT2D eigenvalue weighted by Crippen LogP contribution is -2.57. The highest BCUT2D eigenvalue weighted by Gasteiger charge is 2.37. The monoisotopic (exact) mass is 983 g/mol. The molecule has 1 saturated heterocycles. The third-order valence-electron chi connectivity index (χ3n) is 10.8. The molecule has 0 radical (unpaired) electrons. The number of carboxylic acid groups (broad SMARTS) is 1. The van der Waals surface area contributed by atoms with E-state index in [-0.39, 0.29) is 74.7 Å². The first-order valence-corrected chi connectivity index (χ1v) is 23.9. The largest absolute Gasteiger partial charge is 0.481 e. The first-order chi connectivity index (χ1) is 31.9. The van der Waals surface area contributed by atoms with Crippen LogP contribution in [0.2, 0.25) is 0 Å². The summed E-state index contributed by atoms with van der Waals surface area (Å²) in [6, 6.07) is -6.34. The molecule has 1 aliphatic heterocycles. The summed E-state index contributed by atoms with van der Waals surface area (Å²) in [5.74, 6) is -7.95. The maximum Gasteiger partial charge on any atom is 0.306 e. The first-order valence-electron chi connectivity index (χ1n) is 23.3. The van der Waals surface area contributed by atoms with Crippen LogP contribution in [0, 0.1) is 23.7 Å². The minimum atomic E-state index is -1.15. The zero-order valence-corrected chi connectivity index (χ0v) is 41.8. The molecule has 1 aliphatic rings. The van der Waals surface area contributed by atoms with Crippen molar-refractivity contribution in [3.05, 3.63) is 0 Å². The highest BCUT2D eigenvalue weighted by atomic mass is 32.1. The van der Waals surface area contributed by atoms with Crippen LogP contribution in [0.25, 0.3) is 0 Å². The van der Waals surface area contributed by atoms with Gasteiger partial charge in [-0.3, -0.25) is 52.9 Å². The lowest BCUT2D eigenvalue weighted by Gasteiger charge is -2.27. The molecule has 24 heteroatoms. The number of Topliss-reactive ketones (excluding diaryl/α,β-unsaturated/α-hetero) is 1. The van der Waals surface area contributed by atoms with E-state index < -0.39 is 114 Å². The van der Waals surface area contributed by atoms with Gasteiger partial charge in [0.2, 0.25) is 47.3 Å². The van der Waals surface area contributed by atoms with E-state index in [1.54, 1.807) is 7.05 Å². The third-order valence-corrected chi connectivity index (χ3v) is 11.2. The number of hydrogen-bond donors (Lipinski definition) is 12. The van der Waals surface area contributed by atoms with Gasteiger partial charge in [0.15, 0.2) is 11.7 Å². The Labute approximate surface area is 405 Å². The number of nitrogens with zero attached hydrogens (tertiary/aromatic N) is 2. The zero-order chi connectivity index (χ0) is 51.7. The van der Waals surface area contributed by atoms with Crippen molar-refractivity contribution in [3.8, 4) is 0 Å². The van der Waals surface area contributed by atoms with Crippen LogP contribution in [0.5, 0.6) is 0 Å². The second-order valence-corrected chi connectivity index (χ2v) is 18.7. The van der Waals surface area contributed by atoms with Gasteiger partial charge in [-0.05, 0) is 76.7 Å². The van der Waals surface area contributed by atoms with E-state index in [1.807, 2.05) is 41.5 Å². The van der Waals surface area contributed by atoms with Crippen molar-refractivity contribution in [2.24, 2.45) is 40.1 Å². The molecule has 23 nitrogen and oxygen atoms in total. The second kappa shape index (κ2) is 31.5. The highest BCUT2D eigenvalue weighted by Crippen LogP contribution is 2.19. The predicted molar refractivity (Wildman–Crippen MR) is 258 cm³/mol. The molecule has 1 fully saturated rings.